The van der Waals surface area contributed by atoms with Crippen LogP contribution in [-0.4, -0.2) is 56.7 Å². The zero-order valence-corrected chi connectivity index (χ0v) is 21.9. The van der Waals surface area contributed by atoms with Crippen molar-refractivity contribution >= 4 is 23.5 Å². The van der Waals surface area contributed by atoms with Gasteiger partial charge in [0.1, 0.15) is 5.69 Å². The Labute approximate surface area is 235 Å². The minimum absolute atomic E-state index is 0.0631. The molecule has 0 saturated carbocycles. The molecule has 5 rings (SSSR count). The Morgan fingerprint density at radius 2 is 1.54 bits per heavy atom. The zero-order chi connectivity index (χ0) is 29.4. The quantitative estimate of drug-likeness (QED) is 0.257. The number of carbonyl (C=O) groups excluding carboxylic acids is 1. The summed E-state index contributed by atoms with van der Waals surface area (Å²) in [5.41, 5.74) is -1.05. The third kappa shape index (κ3) is 6.14. The SMILES string of the molecule is O=C(c1ccc(-c2cc(C(F)(F)F)nn2-c2ccccc2Cl)cc1)N1CCCN(c2nccc(C(F)(F)F)n2)CC1. The van der Waals surface area contributed by atoms with Crippen LogP contribution in [0.25, 0.3) is 16.9 Å². The molecule has 4 aromatic rings. The van der Waals surface area contributed by atoms with Crippen molar-refractivity contribution in [2.45, 2.75) is 18.8 Å². The molecule has 41 heavy (non-hydrogen) atoms. The first kappa shape index (κ1) is 28.4. The van der Waals surface area contributed by atoms with E-state index in [9.17, 15) is 31.1 Å². The Morgan fingerprint density at radius 1 is 0.829 bits per heavy atom. The van der Waals surface area contributed by atoms with E-state index in [1.54, 1.807) is 34.1 Å². The normalized spacial score (nSPS) is 14.7. The number of hydrogen-bond donors (Lipinski definition) is 0. The van der Waals surface area contributed by atoms with Crippen molar-refractivity contribution in [2.75, 3.05) is 31.1 Å². The second-order valence-corrected chi connectivity index (χ2v) is 9.63. The van der Waals surface area contributed by atoms with E-state index in [-0.39, 0.29) is 41.3 Å². The fourth-order valence-corrected chi connectivity index (χ4v) is 4.69. The predicted molar refractivity (Wildman–Crippen MR) is 139 cm³/mol. The number of benzene rings is 2. The van der Waals surface area contributed by atoms with Gasteiger partial charge in [0.05, 0.1) is 16.4 Å². The van der Waals surface area contributed by atoms with Crippen molar-refractivity contribution in [1.82, 2.24) is 24.6 Å². The maximum atomic E-state index is 13.5. The fraction of sp³-hybridized carbons (Fsp3) is 0.259. The van der Waals surface area contributed by atoms with E-state index in [0.29, 0.717) is 30.6 Å². The van der Waals surface area contributed by atoms with E-state index in [0.717, 1.165) is 23.0 Å². The van der Waals surface area contributed by atoms with Crippen LogP contribution in [0.5, 0.6) is 0 Å². The average Bonchev–Trinajstić information content (AvgIpc) is 3.25. The summed E-state index contributed by atoms with van der Waals surface area (Å²) in [5.74, 6) is -0.384. The van der Waals surface area contributed by atoms with Gasteiger partial charge in [-0.1, -0.05) is 35.9 Å². The minimum Gasteiger partial charge on any atom is -0.339 e. The summed E-state index contributed by atoms with van der Waals surface area (Å²) in [7, 11) is 0. The number of aromatic nitrogens is 4. The Kier molecular flexibility index (Phi) is 7.64. The number of amides is 1. The molecule has 1 fully saturated rings. The van der Waals surface area contributed by atoms with Crippen molar-refractivity contribution in [3.63, 3.8) is 0 Å². The molecule has 0 aliphatic carbocycles. The Morgan fingerprint density at radius 3 is 2.22 bits per heavy atom. The van der Waals surface area contributed by atoms with Crippen molar-refractivity contribution in [3.05, 3.63) is 88.8 Å². The molecule has 3 heterocycles. The van der Waals surface area contributed by atoms with Gasteiger partial charge in [-0.05, 0) is 42.8 Å². The van der Waals surface area contributed by atoms with Crippen molar-refractivity contribution < 1.29 is 31.1 Å². The molecule has 1 aliphatic heterocycles. The zero-order valence-electron chi connectivity index (χ0n) is 21.1. The van der Waals surface area contributed by atoms with Gasteiger partial charge in [-0.25, -0.2) is 14.6 Å². The first-order chi connectivity index (χ1) is 19.4. The topological polar surface area (TPSA) is 67.2 Å². The van der Waals surface area contributed by atoms with E-state index in [1.807, 2.05) is 0 Å². The number of rotatable bonds is 4. The lowest BCUT2D eigenvalue weighted by Crippen LogP contribution is -2.35. The molecular formula is C27H21ClF6N6O. The summed E-state index contributed by atoms with van der Waals surface area (Å²) in [4.78, 5) is 24.0. The number of alkyl halides is 6. The van der Waals surface area contributed by atoms with Crippen LogP contribution in [0.4, 0.5) is 32.3 Å². The summed E-state index contributed by atoms with van der Waals surface area (Å²) in [6, 6.07) is 14.1. The number of anilines is 1. The molecule has 214 valence electrons. The molecular weight excluding hydrogens is 574 g/mol. The van der Waals surface area contributed by atoms with E-state index in [2.05, 4.69) is 15.1 Å². The largest absolute Gasteiger partial charge is 0.435 e. The van der Waals surface area contributed by atoms with E-state index in [1.165, 1.54) is 24.3 Å². The van der Waals surface area contributed by atoms with Crippen LogP contribution in [0, 0.1) is 0 Å². The molecule has 0 radical (unpaired) electrons. The van der Waals surface area contributed by atoms with Gasteiger partial charge in [0.15, 0.2) is 5.69 Å². The van der Waals surface area contributed by atoms with Gasteiger partial charge in [-0.2, -0.15) is 31.4 Å². The lowest BCUT2D eigenvalue weighted by molar-refractivity contribution is -0.142. The molecule has 0 N–H and O–H groups in total. The lowest BCUT2D eigenvalue weighted by atomic mass is 10.1. The van der Waals surface area contributed by atoms with Crippen LogP contribution < -0.4 is 4.90 Å². The first-order valence-corrected chi connectivity index (χ1v) is 12.8. The number of para-hydroxylation sites is 1. The smallest absolute Gasteiger partial charge is 0.339 e. The van der Waals surface area contributed by atoms with Crippen LogP contribution in [-0.2, 0) is 12.4 Å². The summed E-state index contributed by atoms with van der Waals surface area (Å²) in [5, 5.41) is 3.95. The van der Waals surface area contributed by atoms with Gasteiger partial charge >= 0.3 is 12.4 Å². The standard InChI is InChI=1S/C27H21ClF6N6O/c28-19-4-1-2-5-20(19)40-21(16-23(37-40)27(32,33)34)17-6-8-18(9-7-17)24(41)38-12-3-13-39(15-14-38)25-35-11-10-22(36-25)26(29,30)31/h1-2,4-11,16H,3,12-15H2. The van der Waals surface area contributed by atoms with Crippen LogP contribution in [0.2, 0.25) is 5.02 Å². The second-order valence-electron chi connectivity index (χ2n) is 9.23. The third-order valence-corrected chi connectivity index (χ3v) is 6.83. The molecule has 0 spiro atoms. The summed E-state index contributed by atoms with van der Waals surface area (Å²) in [6.07, 6.45) is -7.76. The second kappa shape index (κ2) is 11.0. The monoisotopic (exact) mass is 594 g/mol. The molecule has 0 bridgehead atoms. The molecule has 0 unspecified atom stereocenters. The number of nitrogens with zero attached hydrogens (tertiary/aromatic N) is 6. The van der Waals surface area contributed by atoms with Crippen molar-refractivity contribution in [1.29, 1.82) is 0 Å². The van der Waals surface area contributed by atoms with Gasteiger partial charge in [0.25, 0.3) is 5.91 Å². The van der Waals surface area contributed by atoms with E-state index < -0.39 is 23.7 Å². The van der Waals surface area contributed by atoms with Crippen LogP contribution in [0.1, 0.15) is 28.2 Å². The lowest BCUT2D eigenvalue weighted by Gasteiger charge is -2.22. The highest BCUT2D eigenvalue weighted by atomic mass is 35.5. The van der Waals surface area contributed by atoms with Gasteiger partial charge in [0, 0.05) is 43.5 Å². The minimum atomic E-state index is -4.68. The van der Waals surface area contributed by atoms with E-state index in [4.69, 9.17) is 11.6 Å². The molecule has 2 aromatic heterocycles. The maximum Gasteiger partial charge on any atom is 0.435 e. The third-order valence-electron chi connectivity index (χ3n) is 6.51. The van der Waals surface area contributed by atoms with Gasteiger partial charge in [0.2, 0.25) is 5.95 Å². The van der Waals surface area contributed by atoms with Crippen molar-refractivity contribution in [3.8, 4) is 16.9 Å². The highest BCUT2D eigenvalue weighted by Crippen LogP contribution is 2.35. The first-order valence-electron chi connectivity index (χ1n) is 12.4. The highest BCUT2D eigenvalue weighted by molar-refractivity contribution is 6.32. The molecule has 2 aromatic carbocycles. The Balaban J connectivity index is 1.35. The van der Waals surface area contributed by atoms with Gasteiger partial charge in [-0.15, -0.1) is 0 Å². The number of carbonyl (C=O) groups is 1. The van der Waals surface area contributed by atoms with Crippen LogP contribution in [0.15, 0.2) is 66.9 Å². The predicted octanol–water partition coefficient (Wildman–Crippen LogP) is 6.37. The summed E-state index contributed by atoms with van der Waals surface area (Å²) in [6.45, 7) is 1.15. The highest BCUT2D eigenvalue weighted by Gasteiger charge is 2.36. The molecule has 1 saturated heterocycles. The number of halogens is 7. The summed E-state index contributed by atoms with van der Waals surface area (Å²) >= 11 is 6.23. The van der Waals surface area contributed by atoms with Gasteiger partial charge in [-0.3, -0.25) is 4.79 Å². The molecule has 14 heteroatoms. The van der Waals surface area contributed by atoms with Crippen LogP contribution in [0.3, 0.4) is 0 Å². The average molecular weight is 595 g/mol. The van der Waals surface area contributed by atoms with Gasteiger partial charge < -0.3 is 9.80 Å². The molecule has 0 atom stereocenters. The van der Waals surface area contributed by atoms with Crippen molar-refractivity contribution in [2.24, 2.45) is 0 Å². The fourth-order valence-electron chi connectivity index (χ4n) is 4.48. The van der Waals surface area contributed by atoms with E-state index >= 15 is 0 Å². The Hall–Kier alpha value is -4.13. The Bertz CT molecular complexity index is 1550. The number of hydrogen-bond acceptors (Lipinski definition) is 5. The van der Waals surface area contributed by atoms with Crippen LogP contribution >= 0.6 is 11.6 Å². The summed E-state index contributed by atoms with van der Waals surface area (Å²) < 4.78 is 80.8. The molecule has 1 amide bonds. The molecule has 7 nitrogen and oxygen atoms in total. The molecule has 1 aliphatic rings. The maximum absolute atomic E-state index is 13.5.